The van der Waals surface area contributed by atoms with Gasteiger partial charge >= 0.3 is 5.97 Å². The third-order valence-corrected chi connectivity index (χ3v) is 6.49. The maximum absolute atomic E-state index is 12.6. The minimum Gasteiger partial charge on any atom is -0.480 e. The van der Waals surface area contributed by atoms with Crippen LogP contribution in [-0.2, 0) is 16.1 Å². The van der Waals surface area contributed by atoms with E-state index in [1.807, 2.05) is 35.4 Å². The van der Waals surface area contributed by atoms with Gasteiger partial charge in [-0.2, -0.15) is 5.10 Å². The minimum atomic E-state index is -0.733. The number of aliphatic carboxylic acids is 1. The number of amides is 1. The van der Waals surface area contributed by atoms with E-state index in [-0.39, 0.29) is 17.4 Å². The molecule has 2 saturated heterocycles. The number of carbonyl (C=O) groups excluding carboxylic acids is 1. The summed E-state index contributed by atoms with van der Waals surface area (Å²) < 4.78 is 1.93. The first-order valence-corrected chi connectivity index (χ1v) is 9.44. The maximum Gasteiger partial charge on any atom is 0.320 e. The second kappa shape index (κ2) is 7.02. The number of hydrogen-bond acceptors (Lipinski definition) is 4. The van der Waals surface area contributed by atoms with Crippen LogP contribution in [0.5, 0.6) is 0 Å². The van der Waals surface area contributed by atoms with Gasteiger partial charge < -0.3 is 10.0 Å². The molecule has 0 aromatic carbocycles. The Morgan fingerprint density at radius 1 is 1.23 bits per heavy atom. The fourth-order valence-electron chi connectivity index (χ4n) is 4.50. The number of carboxylic acids is 1. The van der Waals surface area contributed by atoms with Gasteiger partial charge in [-0.15, -0.1) is 0 Å². The number of aryl methyl sites for hydroxylation is 2. The molecule has 3 heterocycles. The molecule has 7 heteroatoms. The zero-order valence-electron chi connectivity index (χ0n) is 16.3. The molecule has 0 radical (unpaired) electrons. The summed E-state index contributed by atoms with van der Waals surface area (Å²) in [7, 11) is 1.89. The molecule has 1 amide bonds. The van der Waals surface area contributed by atoms with E-state index in [2.05, 4.69) is 12.0 Å². The predicted octanol–water partition coefficient (Wildman–Crippen LogP) is 1.60. The summed E-state index contributed by atoms with van der Waals surface area (Å²) >= 11 is 0. The highest BCUT2D eigenvalue weighted by Gasteiger charge is 2.47. The van der Waals surface area contributed by atoms with Crippen LogP contribution in [0.25, 0.3) is 0 Å². The van der Waals surface area contributed by atoms with Crippen LogP contribution >= 0.6 is 0 Å². The molecule has 1 spiro atoms. The highest BCUT2D eigenvalue weighted by atomic mass is 16.4. The smallest absolute Gasteiger partial charge is 0.320 e. The Morgan fingerprint density at radius 3 is 2.38 bits per heavy atom. The lowest BCUT2D eigenvalue weighted by molar-refractivity contribution is -0.142. The van der Waals surface area contributed by atoms with Crippen molar-refractivity contribution in [3.8, 4) is 0 Å². The molecule has 0 saturated carbocycles. The van der Waals surface area contributed by atoms with Gasteiger partial charge in [-0.25, -0.2) is 0 Å². The van der Waals surface area contributed by atoms with Gasteiger partial charge in [-0.05, 0) is 58.1 Å². The number of likely N-dealkylation sites (N-methyl/N-ethyl adjacent to an activating group) is 1. The first-order chi connectivity index (χ1) is 12.2. The molecule has 1 N–H and O–H groups in total. The van der Waals surface area contributed by atoms with Gasteiger partial charge in [0.05, 0.1) is 5.69 Å². The summed E-state index contributed by atoms with van der Waals surface area (Å²) in [5.74, 6) is -0.561. The summed E-state index contributed by atoms with van der Waals surface area (Å²) in [6.45, 7) is 8.99. The summed E-state index contributed by atoms with van der Waals surface area (Å²) in [5, 5.41) is 13.8. The highest BCUT2D eigenvalue weighted by molar-refractivity contribution is 5.76. The van der Waals surface area contributed by atoms with E-state index < -0.39 is 5.97 Å². The largest absolute Gasteiger partial charge is 0.480 e. The van der Waals surface area contributed by atoms with E-state index in [1.54, 1.807) is 0 Å². The molecule has 7 nitrogen and oxygen atoms in total. The van der Waals surface area contributed by atoms with Crippen molar-refractivity contribution < 1.29 is 14.7 Å². The zero-order valence-corrected chi connectivity index (χ0v) is 16.3. The molecule has 0 unspecified atom stereocenters. The Balaban J connectivity index is 1.52. The van der Waals surface area contributed by atoms with E-state index in [0.29, 0.717) is 19.4 Å². The monoisotopic (exact) mass is 362 g/mol. The van der Waals surface area contributed by atoms with E-state index in [0.717, 1.165) is 43.9 Å². The molecule has 1 aromatic rings. The molecule has 2 aliphatic rings. The maximum atomic E-state index is 12.6. The van der Waals surface area contributed by atoms with Gasteiger partial charge in [0.15, 0.2) is 0 Å². The van der Waals surface area contributed by atoms with Crippen molar-refractivity contribution in [2.24, 2.45) is 5.41 Å². The van der Waals surface area contributed by atoms with Gasteiger partial charge in [-0.1, -0.05) is 0 Å². The molecule has 0 bridgehead atoms. The number of rotatable bonds is 4. The Bertz CT molecular complexity index is 704. The number of likely N-dealkylation sites (tertiary alicyclic amines) is 2. The third kappa shape index (κ3) is 3.49. The topological polar surface area (TPSA) is 78.7 Å². The predicted molar refractivity (Wildman–Crippen MR) is 98.0 cm³/mol. The fourth-order valence-corrected chi connectivity index (χ4v) is 4.50. The van der Waals surface area contributed by atoms with Crippen LogP contribution in [0.2, 0.25) is 0 Å². The standard InChI is InChI=1S/C19H30N4O3/c1-13-14(2)20-23(15(13)3)8-5-17(24)22-9-6-19(7-10-22)11-16(18(25)26)21(4)12-19/h16H,5-12H2,1-4H3,(H,25,26)/t16-/m0/s1. The van der Waals surface area contributed by atoms with E-state index in [4.69, 9.17) is 0 Å². The van der Waals surface area contributed by atoms with Crippen molar-refractivity contribution in [2.75, 3.05) is 26.7 Å². The van der Waals surface area contributed by atoms with Crippen LogP contribution in [-0.4, -0.2) is 69.3 Å². The molecule has 2 fully saturated rings. The van der Waals surface area contributed by atoms with E-state index in [1.165, 1.54) is 5.56 Å². The Labute approximate surface area is 155 Å². The van der Waals surface area contributed by atoms with Crippen LogP contribution < -0.4 is 0 Å². The first-order valence-electron chi connectivity index (χ1n) is 9.44. The van der Waals surface area contributed by atoms with E-state index >= 15 is 0 Å². The van der Waals surface area contributed by atoms with Crippen LogP contribution in [0.4, 0.5) is 0 Å². The number of carboxylic acid groups (broad SMARTS) is 1. The second-order valence-electron chi connectivity index (χ2n) is 8.12. The van der Waals surface area contributed by atoms with Gasteiger partial charge in [0.1, 0.15) is 6.04 Å². The Hall–Kier alpha value is -1.89. The Kier molecular flexibility index (Phi) is 5.10. The summed E-state index contributed by atoms with van der Waals surface area (Å²) in [5.41, 5.74) is 3.40. The van der Waals surface area contributed by atoms with Crippen LogP contribution in [0.3, 0.4) is 0 Å². The summed E-state index contributed by atoms with van der Waals surface area (Å²) in [4.78, 5) is 27.9. The molecule has 1 atom stereocenters. The third-order valence-electron chi connectivity index (χ3n) is 6.49. The molecule has 1 aromatic heterocycles. The summed E-state index contributed by atoms with van der Waals surface area (Å²) in [6, 6.07) is -0.383. The number of piperidine rings is 1. The quantitative estimate of drug-likeness (QED) is 0.880. The van der Waals surface area contributed by atoms with Crippen LogP contribution in [0.15, 0.2) is 0 Å². The molecular formula is C19H30N4O3. The van der Waals surface area contributed by atoms with Crippen LogP contribution in [0.1, 0.15) is 42.6 Å². The van der Waals surface area contributed by atoms with Gasteiger partial charge in [0.25, 0.3) is 0 Å². The van der Waals surface area contributed by atoms with Crippen molar-refractivity contribution in [2.45, 2.75) is 59.0 Å². The number of nitrogens with zero attached hydrogens (tertiary/aromatic N) is 4. The fraction of sp³-hybridized carbons (Fsp3) is 0.737. The Morgan fingerprint density at radius 2 is 1.88 bits per heavy atom. The normalized spacial score (nSPS) is 22.9. The second-order valence-corrected chi connectivity index (χ2v) is 8.12. The first kappa shape index (κ1) is 18.9. The molecule has 0 aliphatic carbocycles. The van der Waals surface area contributed by atoms with Crippen molar-refractivity contribution in [1.29, 1.82) is 0 Å². The molecule has 144 valence electrons. The lowest BCUT2D eigenvalue weighted by Gasteiger charge is -2.39. The average Bonchev–Trinajstić information content (AvgIpc) is 3.05. The molecular weight excluding hydrogens is 332 g/mol. The van der Waals surface area contributed by atoms with Gasteiger partial charge in [0.2, 0.25) is 5.91 Å². The van der Waals surface area contributed by atoms with Gasteiger partial charge in [0, 0.05) is 38.3 Å². The summed E-state index contributed by atoms with van der Waals surface area (Å²) in [6.07, 6.45) is 2.95. The lowest BCUT2D eigenvalue weighted by Crippen LogP contribution is -2.44. The van der Waals surface area contributed by atoms with E-state index in [9.17, 15) is 14.7 Å². The molecule has 26 heavy (non-hydrogen) atoms. The van der Waals surface area contributed by atoms with Crippen molar-refractivity contribution in [1.82, 2.24) is 19.6 Å². The SMILES string of the molecule is Cc1nn(CCC(=O)N2CCC3(CC2)C[C@@H](C(=O)O)N(C)C3)c(C)c1C. The molecule has 2 aliphatic heterocycles. The average molecular weight is 362 g/mol. The van der Waals surface area contributed by atoms with Crippen molar-refractivity contribution in [3.63, 3.8) is 0 Å². The number of hydrogen-bond donors (Lipinski definition) is 1. The van der Waals surface area contributed by atoms with Crippen molar-refractivity contribution in [3.05, 3.63) is 17.0 Å². The number of carbonyl (C=O) groups is 2. The minimum absolute atomic E-state index is 0.0569. The number of aromatic nitrogens is 2. The molecule has 3 rings (SSSR count). The van der Waals surface area contributed by atoms with Crippen LogP contribution in [0, 0.1) is 26.2 Å². The van der Waals surface area contributed by atoms with Gasteiger partial charge in [-0.3, -0.25) is 19.2 Å². The zero-order chi connectivity index (χ0) is 19.1. The highest BCUT2D eigenvalue weighted by Crippen LogP contribution is 2.42. The lowest BCUT2D eigenvalue weighted by atomic mass is 9.76. The van der Waals surface area contributed by atoms with Crippen molar-refractivity contribution >= 4 is 11.9 Å².